The number of ketones is 1. The molecule has 0 saturated carbocycles. The Kier molecular flexibility index (Phi) is 5.39. The molecule has 9 heteroatoms. The number of halogens is 5. The monoisotopic (exact) mass is 309 g/mol. The third-order valence-electron chi connectivity index (χ3n) is 2.31. The molecular weight excluding hydrogens is 301 g/mol. The molecule has 0 aromatic heterocycles. The molecule has 0 spiro atoms. The summed E-state index contributed by atoms with van der Waals surface area (Å²) in [4.78, 5) is 22.6. The minimum absolute atomic E-state index is 0.0437. The Labute approximate surface area is 114 Å². The van der Waals surface area contributed by atoms with Crippen LogP contribution in [0, 0.1) is 23.3 Å². The first-order chi connectivity index (χ1) is 9.81. The zero-order chi connectivity index (χ0) is 16.2. The summed E-state index contributed by atoms with van der Waals surface area (Å²) in [6.07, 6.45) is 0.558. The van der Waals surface area contributed by atoms with Gasteiger partial charge in [0, 0.05) is 12.7 Å². The Morgan fingerprint density at radius 1 is 1.14 bits per heavy atom. The summed E-state index contributed by atoms with van der Waals surface area (Å²) < 4.78 is 64.0. The van der Waals surface area contributed by atoms with Gasteiger partial charge in [0.1, 0.15) is 12.2 Å². The molecule has 0 atom stereocenters. The lowest BCUT2D eigenvalue weighted by atomic mass is 10.0. The largest absolute Gasteiger partial charge is 0.477 e. The molecule has 1 aromatic carbocycles. The standard InChI is InChI=1S/C12H8F5NO3/c13-1-2-18-4-6(12(20)21)11(19)5-3-7(14)9(16)10(17)8(5)15/h3-4,18H,1-2H2,(H,20,21). The highest BCUT2D eigenvalue weighted by Gasteiger charge is 2.27. The van der Waals surface area contributed by atoms with Crippen LogP contribution in [-0.4, -0.2) is 30.1 Å². The normalized spacial score (nSPS) is 11.4. The Morgan fingerprint density at radius 2 is 1.76 bits per heavy atom. The van der Waals surface area contributed by atoms with Gasteiger partial charge in [-0.1, -0.05) is 0 Å². The van der Waals surface area contributed by atoms with Crippen LogP contribution in [-0.2, 0) is 4.79 Å². The molecule has 0 saturated heterocycles. The molecule has 0 aliphatic rings. The molecule has 2 N–H and O–H groups in total. The van der Waals surface area contributed by atoms with Crippen molar-refractivity contribution < 1.29 is 36.6 Å². The third kappa shape index (κ3) is 3.56. The molecule has 0 heterocycles. The predicted molar refractivity (Wildman–Crippen MR) is 60.3 cm³/mol. The van der Waals surface area contributed by atoms with E-state index in [1.807, 2.05) is 0 Å². The minimum Gasteiger partial charge on any atom is -0.477 e. The Morgan fingerprint density at radius 3 is 2.29 bits per heavy atom. The van der Waals surface area contributed by atoms with Gasteiger partial charge in [-0.3, -0.25) is 4.79 Å². The van der Waals surface area contributed by atoms with Crippen molar-refractivity contribution in [2.45, 2.75) is 0 Å². The SMILES string of the molecule is O=C(O)C(=CNCCF)C(=O)c1cc(F)c(F)c(F)c1F. The molecule has 114 valence electrons. The number of carboxylic acid groups (broad SMARTS) is 1. The highest BCUT2D eigenvalue weighted by molar-refractivity contribution is 6.23. The van der Waals surface area contributed by atoms with Gasteiger partial charge >= 0.3 is 5.97 Å². The maximum Gasteiger partial charge on any atom is 0.341 e. The Hall–Kier alpha value is -2.45. The smallest absolute Gasteiger partial charge is 0.341 e. The number of hydrogen-bond donors (Lipinski definition) is 2. The summed E-state index contributed by atoms with van der Waals surface area (Å²) in [6.45, 7) is -1.22. The average Bonchev–Trinajstić information content (AvgIpc) is 2.44. The molecule has 0 bridgehead atoms. The number of alkyl halides is 1. The second-order valence-corrected chi connectivity index (χ2v) is 3.68. The van der Waals surface area contributed by atoms with Crippen LogP contribution in [0.25, 0.3) is 0 Å². The van der Waals surface area contributed by atoms with Crippen molar-refractivity contribution in [2.24, 2.45) is 0 Å². The van der Waals surface area contributed by atoms with Gasteiger partial charge in [0.25, 0.3) is 0 Å². The molecule has 0 radical (unpaired) electrons. The van der Waals surface area contributed by atoms with Crippen molar-refractivity contribution in [1.82, 2.24) is 5.32 Å². The molecule has 21 heavy (non-hydrogen) atoms. The van der Waals surface area contributed by atoms with Crippen LogP contribution in [0.4, 0.5) is 22.0 Å². The van der Waals surface area contributed by atoms with Gasteiger partial charge < -0.3 is 10.4 Å². The van der Waals surface area contributed by atoms with E-state index in [0.717, 1.165) is 0 Å². The van der Waals surface area contributed by atoms with Gasteiger partial charge in [-0.2, -0.15) is 0 Å². The van der Waals surface area contributed by atoms with Crippen molar-refractivity contribution in [2.75, 3.05) is 13.2 Å². The predicted octanol–water partition coefficient (Wildman–Crippen LogP) is 1.95. The second kappa shape index (κ2) is 6.82. The van der Waals surface area contributed by atoms with E-state index in [0.29, 0.717) is 6.20 Å². The van der Waals surface area contributed by atoms with E-state index in [-0.39, 0.29) is 12.6 Å². The maximum atomic E-state index is 13.4. The van der Waals surface area contributed by atoms with Gasteiger partial charge in [0.05, 0.1) is 5.56 Å². The molecule has 4 nitrogen and oxygen atoms in total. The topological polar surface area (TPSA) is 66.4 Å². The summed E-state index contributed by atoms with van der Waals surface area (Å²) >= 11 is 0. The van der Waals surface area contributed by atoms with E-state index in [1.54, 1.807) is 0 Å². The number of nitrogens with one attached hydrogen (secondary N) is 1. The Bertz CT molecular complexity index is 615. The van der Waals surface area contributed by atoms with Gasteiger partial charge in [0.15, 0.2) is 23.3 Å². The van der Waals surface area contributed by atoms with Crippen LogP contribution in [0.1, 0.15) is 10.4 Å². The van der Waals surface area contributed by atoms with Crippen LogP contribution in [0.2, 0.25) is 0 Å². The number of rotatable bonds is 6. The van der Waals surface area contributed by atoms with Crippen molar-refractivity contribution in [3.63, 3.8) is 0 Å². The van der Waals surface area contributed by atoms with E-state index >= 15 is 0 Å². The first-order valence-electron chi connectivity index (χ1n) is 5.41. The molecule has 1 aromatic rings. The molecule has 0 fully saturated rings. The number of carbonyl (C=O) groups is 2. The highest BCUT2D eigenvalue weighted by Crippen LogP contribution is 2.21. The fraction of sp³-hybridized carbons (Fsp3) is 0.167. The number of hydrogen-bond acceptors (Lipinski definition) is 3. The van der Waals surface area contributed by atoms with Crippen molar-refractivity contribution in [1.29, 1.82) is 0 Å². The summed E-state index contributed by atoms with van der Waals surface area (Å²) in [6, 6.07) is 0.0437. The van der Waals surface area contributed by atoms with Gasteiger partial charge in [0.2, 0.25) is 5.78 Å². The highest BCUT2D eigenvalue weighted by atomic mass is 19.2. The zero-order valence-corrected chi connectivity index (χ0v) is 10.2. The van der Waals surface area contributed by atoms with Gasteiger partial charge in [-0.15, -0.1) is 0 Å². The third-order valence-corrected chi connectivity index (χ3v) is 2.31. The van der Waals surface area contributed by atoms with Crippen LogP contribution < -0.4 is 5.32 Å². The molecule has 0 amide bonds. The molecule has 0 aliphatic heterocycles. The van der Waals surface area contributed by atoms with E-state index in [2.05, 4.69) is 5.32 Å². The molecule has 1 rings (SSSR count). The van der Waals surface area contributed by atoms with Gasteiger partial charge in [-0.05, 0) is 6.07 Å². The number of aliphatic carboxylic acids is 1. The lowest BCUT2D eigenvalue weighted by Gasteiger charge is -2.06. The summed E-state index contributed by atoms with van der Waals surface area (Å²) in [7, 11) is 0. The fourth-order valence-electron chi connectivity index (χ4n) is 1.34. The zero-order valence-electron chi connectivity index (χ0n) is 10.2. The fourth-order valence-corrected chi connectivity index (χ4v) is 1.34. The van der Waals surface area contributed by atoms with Crippen LogP contribution >= 0.6 is 0 Å². The maximum absolute atomic E-state index is 13.4. The molecule has 0 aliphatic carbocycles. The molecular formula is C12H8F5NO3. The first-order valence-corrected chi connectivity index (χ1v) is 5.41. The number of benzene rings is 1. The number of Topliss-reactive ketones (excluding diaryl/α,β-unsaturated/α-hetero) is 1. The van der Waals surface area contributed by atoms with Crippen molar-refractivity contribution in [3.8, 4) is 0 Å². The van der Waals surface area contributed by atoms with E-state index in [9.17, 15) is 31.5 Å². The van der Waals surface area contributed by atoms with Crippen molar-refractivity contribution >= 4 is 11.8 Å². The quantitative estimate of drug-likeness (QED) is 0.123. The molecule has 0 unspecified atom stereocenters. The lowest BCUT2D eigenvalue weighted by Crippen LogP contribution is -2.20. The van der Waals surface area contributed by atoms with Crippen molar-refractivity contribution in [3.05, 3.63) is 46.7 Å². The van der Waals surface area contributed by atoms with E-state index < -0.39 is 52.8 Å². The Balaban J connectivity index is 3.28. The van der Waals surface area contributed by atoms with Crippen LogP contribution in [0.15, 0.2) is 17.8 Å². The van der Waals surface area contributed by atoms with E-state index in [4.69, 9.17) is 5.11 Å². The van der Waals surface area contributed by atoms with Crippen LogP contribution in [0.5, 0.6) is 0 Å². The number of carbonyl (C=O) groups excluding carboxylic acids is 1. The second-order valence-electron chi connectivity index (χ2n) is 3.68. The first kappa shape index (κ1) is 16.6. The lowest BCUT2D eigenvalue weighted by molar-refractivity contribution is -0.132. The average molecular weight is 309 g/mol. The minimum atomic E-state index is -2.24. The summed E-state index contributed by atoms with van der Waals surface area (Å²) in [5.74, 6) is -11.7. The summed E-state index contributed by atoms with van der Waals surface area (Å²) in [5.41, 5.74) is -2.38. The number of carboxylic acids is 1. The van der Waals surface area contributed by atoms with E-state index in [1.165, 1.54) is 0 Å². The van der Waals surface area contributed by atoms with Crippen LogP contribution in [0.3, 0.4) is 0 Å². The summed E-state index contributed by atoms with van der Waals surface area (Å²) in [5, 5.41) is 10.9. The van der Waals surface area contributed by atoms with Gasteiger partial charge in [-0.25, -0.2) is 26.7 Å².